The van der Waals surface area contributed by atoms with E-state index in [1.807, 2.05) is 0 Å². The van der Waals surface area contributed by atoms with Gasteiger partial charge in [0.1, 0.15) is 11.6 Å². The number of amides is 1. The van der Waals surface area contributed by atoms with E-state index in [9.17, 15) is 17.6 Å². The van der Waals surface area contributed by atoms with Crippen molar-refractivity contribution in [1.29, 1.82) is 0 Å². The van der Waals surface area contributed by atoms with E-state index in [-0.39, 0.29) is 22.7 Å². The summed E-state index contributed by atoms with van der Waals surface area (Å²) in [6.07, 6.45) is 0.995. The average molecular weight is 338 g/mol. The van der Waals surface area contributed by atoms with Gasteiger partial charge in [0, 0.05) is 6.07 Å². The van der Waals surface area contributed by atoms with Gasteiger partial charge in [0.25, 0.3) is 5.91 Å². The molecule has 0 aliphatic carbocycles. The lowest BCUT2D eigenvalue weighted by molar-refractivity contribution is 0.102. The molecule has 0 atom stereocenters. The van der Waals surface area contributed by atoms with Crippen molar-refractivity contribution in [1.82, 2.24) is 0 Å². The molecule has 2 aromatic carbocycles. The Morgan fingerprint density at radius 1 is 1.13 bits per heavy atom. The molecule has 0 heterocycles. The SMILES string of the molecule is COc1ccc(C(=O)Nc2ccccc2NS(C)(=O)=O)c(F)c1. The summed E-state index contributed by atoms with van der Waals surface area (Å²) < 4.78 is 43.7. The number of benzene rings is 2. The predicted octanol–water partition coefficient (Wildman–Crippen LogP) is 2.46. The van der Waals surface area contributed by atoms with Crippen LogP contribution in [-0.2, 0) is 10.0 Å². The molecule has 0 spiro atoms. The molecule has 0 saturated carbocycles. The zero-order valence-electron chi connectivity index (χ0n) is 12.5. The molecule has 1 amide bonds. The van der Waals surface area contributed by atoms with Gasteiger partial charge in [-0.05, 0) is 24.3 Å². The summed E-state index contributed by atoms with van der Waals surface area (Å²) in [4.78, 5) is 12.2. The minimum atomic E-state index is -3.51. The highest BCUT2D eigenvalue weighted by Crippen LogP contribution is 2.24. The molecule has 0 aromatic heterocycles. The van der Waals surface area contributed by atoms with Gasteiger partial charge in [0.15, 0.2) is 0 Å². The summed E-state index contributed by atoms with van der Waals surface area (Å²) >= 11 is 0. The van der Waals surface area contributed by atoms with Gasteiger partial charge in [-0.1, -0.05) is 12.1 Å². The molecular formula is C15H15FN2O4S. The normalized spacial score (nSPS) is 10.9. The van der Waals surface area contributed by atoms with Gasteiger partial charge in [0.2, 0.25) is 10.0 Å². The summed E-state index contributed by atoms with van der Waals surface area (Å²) in [5, 5.41) is 2.48. The van der Waals surface area contributed by atoms with Crippen LogP contribution in [-0.4, -0.2) is 27.7 Å². The molecule has 0 fully saturated rings. The highest BCUT2D eigenvalue weighted by Gasteiger charge is 2.15. The number of carbonyl (C=O) groups excluding carboxylic acids is 1. The van der Waals surface area contributed by atoms with Crippen molar-refractivity contribution in [3.8, 4) is 5.75 Å². The monoisotopic (exact) mass is 338 g/mol. The molecule has 0 aliphatic heterocycles. The van der Waals surface area contributed by atoms with E-state index in [1.165, 1.54) is 31.4 Å². The van der Waals surface area contributed by atoms with Crippen molar-refractivity contribution >= 4 is 27.3 Å². The second-order valence-corrected chi connectivity index (χ2v) is 6.47. The molecular weight excluding hydrogens is 323 g/mol. The third-order valence-corrected chi connectivity index (χ3v) is 3.48. The van der Waals surface area contributed by atoms with E-state index >= 15 is 0 Å². The van der Waals surface area contributed by atoms with Crippen LogP contribution in [0.15, 0.2) is 42.5 Å². The molecule has 0 saturated heterocycles. The topological polar surface area (TPSA) is 84.5 Å². The van der Waals surface area contributed by atoms with Crippen molar-refractivity contribution in [3.05, 3.63) is 53.8 Å². The molecule has 2 aromatic rings. The molecule has 8 heteroatoms. The fraction of sp³-hybridized carbons (Fsp3) is 0.133. The van der Waals surface area contributed by atoms with E-state index in [4.69, 9.17) is 4.74 Å². The number of rotatable bonds is 5. The summed E-state index contributed by atoms with van der Waals surface area (Å²) in [6, 6.07) is 10.1. The highest BCUT2D eigenvalue weighted by molar-refractivity contribution is 7.92. The predicted molar refractivity (Wildman–Crippen MR) is 85.8 cm³/mol. The fourth-order valence-corrected chi connectivity index (χ4v) is 2.45. The first-order chi connectivity index (χ1) is 10.8. The molecule has 0 unspecified atom stereocenters. The lowest BCUT2D eigenvalue weighted by atomic mass is 10.1. The lowest BCUT2D eigenvalue weighted by Gasteiger charge is -2.12. The molecule has 2 rings (SSSR count). The average Bonchev–Trinajstić information content (AvgIpc) is 2.47. The lowest BCUT2D eigenvalue weighted by Crippen LogP contribution is -2.17. The first-order valence-electron chi connectivity index (χ1n) is 6.52. The Kier molecular flexibility index (Phi) is 4.85. The first-order valence-corrected chi connectivity index (χ1v) is 8.41. The fourth-order valence-electron chi connectivity index (χ4n) is 1.88. The Labute approximate surface area is 133 Å². The van der Waals surface area contributed by atoms with Crippen LogP contribution >= 0.6 is 0 Å². The number of hydrogen-bond donors (Lipinski definition) is 2. The maximum atomic E-state index is 13.9. The summed E-state index contributed by atoms with van der Waals surface area (Å²) in [7, 11) is -2.12. The Bertz CT molecular complexity index is 837. The summed E-state index contributed by atoms with van der Waals surface area (Å²) in [5.74, 6) is -1.15. The Morgan fingerprint density at radius 2 is 1.78 bits per heavy atom. The second kappa shape index (κ2) is 6.66. The molecule has 0 bridgehead atoms. The number of carbonyl (C=O) groups is 1. The third kappa shape index (κ3) is 4.43. The van der Waals surface area contributed by atoms with Gasteiger partial charge >= 0.3 is 0 Å². The van der Waals surface area contributed by atoms with Crippen molar-refractivity contribution in [2.75, 3.05) is 23.4 Å². The summed E-state index contributed by atoms with van der Waals surface area (Å²) in [5.41, 5.74) is 0.232. The van der Waals surface area contributed by atoms with E-state index in [0.717, 1.165) is 12.3 Å². The number of ether oxygens (including phenoxy) is 1. The van der Waals surface area contributed by atoms with Crippen molar-refractivity contribution < 1.29 is 22.3 Å². The van der Waals surface area contributed by atoms with Crippen LogP contribution in [0.1, 0.15) is 10.4 Å². The van der Waals surface area contributed by atoms with Crippen molar-refractivity contribution in [2.24, 2.45) is 0 Å². The molecule has 23 heavy (non-hydrogen) atoms. The number of sulfonamides is 1. The Balaban J connectivity index is 2.27. The van der Waals surface area contributed by atoms with Crippen LogP contribution < -0.4 is 14.8 Å². The van der Waals surface area contributed by atoms with Gasteiger partial charge < -0.3 is 10.1 Å². The van der Waals surface area contributed by atoms with Crippen LogP contribution in [0.4, 0.5) is 15.8 Å². The quantitative estimate of drug-likeness (QED) is 0.877. The van der Waals surface area contributed by atoms with Crippen molar-refractivity contribution in [3.63, 3.8) is 0 Å². The van der Waals surface area contributed by atoms with Crippen LogP contribution in [0.25, 0.3) is 0 Å². The molecule has 122 valence electrons. The van der Waals surface area contributed by atoms with Crippen LogP contribution in [0.5, 0.6) is 5.75 Å². The molecule has 6 nitrogen and oxygen atoms in total. The molecule has 2 N–H and O–H groups in total. The minimum absolute atomic E-state index is 0.181. The van der Waals surface area contributed by atoms with Gasteiger partial charge in [-0.2, -0.15) is 0 Å². The van der Waals surface area contributed by atoms with Crippen molar-refractivity contribution in [2.45, 2.75) is 0 Å². The van der Waals surface area contributed by atoms with Gasteiger partial charge in [0.05, 0.1) is 30.3 Å². The first kappa shape index (κ1) is 16.8. The molecule has 0 aliphatic rings. The maximum Gasteiger partial charge on any atom is 0.258 e. The zero-order chi connectivity index (χ0) is 17.0. The minimum Gasteiger partial charge on any atom is -0.497 e. The standard InChI is InChI=1S/C15H15FN2O4S/c1-22-10-7-8-11(12(16)9-10)15(19)17-13-5-3-4-6-14(13)18-23(2,20)21/h3-9,18H,1-2H3,(H,17,19). The number of halogens is 1. The van der Waals surface area contributed by atoms with E-state index < -0.39 is 21.7 Å². The second-order valence-electron chi connectivity index (χ2n) is 4.72. The summed E-state index contributed by atoms with van der Waals surface area (Å²) in [6.45, 7) is 0. The number of methoxy groups -OCH3 is 1. The number of anilines is 2. The Hall–Kier alpha value is -2.61. The Morgan fingerprint density at radius 3 is 2.35 bits per heavy atom. The maximum absolute atomic E-state index is 13.9. The third-order valence-electron chi connectivity index (χ3n) is 2.89. The van der Waals surface area contributed by atoms with Gasteiger partial charge in [-0.15, -0.1) is 0 Å². The van der Waals surface area contributed by atoms with E-state index in [2.05, 4.69) is 10.0 Å². The molecule has 0 radical (unpaired) electrons. The number of para-hydroxylation sites is 2. The largest absolute Gasteiger partial charge is 0.497 e. The van der Waals surface area contributed by atoms with E-state index in [1.54, 1.807) is 12.1 Å². The van der Waals surface area contributed by atoms with Crippen LogP contribution in [0.3, 0.4) is 0 Å². The smallest absolute Gasteiger partial charge is 0.258 e. The van der Waals surface area contributed by atoms with E-state index in [0.29, 0.717) is 0 Å². The number of hydrogen-bond acceptors (Lipinski definition) is 4. The van der Waals surface area contributed by atoms with Gasteiger partial charge in [-0.3, -0.25) is 9.52 Å². The van der Waals surface area contributed by atoms with Gasteiger partial charge in [-0.25, -0.2) is 12.8 Å². The van der Waals surface area contributed by atoms with Crippen LogP contribution in [0.2, 0.25) is 0 Å². The van der Waals surface area contributed by atoms with Crippen LogP contribution in [0, 0.1) is 5.82 Å². The highest BCUT2D eigenvalue weighted by atomic mass is 32.2. The zero-order valence-corrected chi connectivity index (χ0v) is 13.3. The number of nitrogens with one attached hydrogen (secondary N) is 2.